The highest BCUT2D eigenvalue weighted by Crippen LogP contribution is 2.22. The van der Waals surface area contributed by atoms with E-state index in [1.807, 2.05) is 0 Å². The predicted molar refractivity (Wildman–Crippen MR) is 59.5 cm³/mol. The van der Waals surface area contributed by atoms with E-state index in [0.29, 0.717) is 11.5 Å². The highest BCUT2D eigenvalue weighted by Gasteiger charge is 2.12. The molecule has 1 heterocycles. The van der Waals surface area contributed by atoms with Crippen molar-refractivity contribution in [3.05, 3.63) is 23.8 Å². The molecule has 15 heavy (non-hydrogen) atoms. The maximum absolute atomic E-state index is 12.9. The summed E-state index contributed by atoms with van der Waals surface area (Å²) in [6.45, 7) is 5.79. The van der Waals surface area contributed by atoms with Gasteiger partial charge in [0.05, 0.1) is 0 Å². The van der Waals surface area contributed by atoms with E-state index in [-0.39, 0.29) is 0 Å². The summed E-state index contributed by atoms with van der Waals surface area (Å²) in [5, 5.41) is 0. The second kappa shape index (κ2) is 5.79. The van der Waals surface area contributed by atoms with Crippen molar-refractivity contribution < 1.29 is 4.39 Å². The van der Waals surface area contributed by atoms with Gasteiger partial charge >= 0.3 is 0 Å². The van der Waals surface area contributed by atoms with Crippen LogP contribution in [0.4, 0.5) is 4.39 Å². The normalized spacial score (nSPS) is 14.9. The Kier molecular flexibility index (Phi) is 4.66. The van der Waals surface area contributed by atoms with E-state index in [2.05, 4.69) is 23.8 Å². The monoisotopic (exact) mass is 210 g/mol. The number of hydrogen-bond acceptors (Lipinski definition) is 2. The first-order valence-corrected chi connectivity index (χ1v) is 5.64. The largest absolute Gasteiger partial charge is 0.242 e. The molecule has 1 aromatic rings. The third-order valence-electron chi connectivity index (χ3n) is 2.65. The minimum Gasteiger partial charge on any atom is -0.242 e. The molecule has 0 spiro atoms. The summed E-state index contributed by atoms with van der Waals surface area (Å²) in [5.74, 6) is 1.27. The zero-order chi connectivity index (χ0) is 11.3. The van der Waals surface area contributed by atoms with Gasteiger partial charge in [0.1, 0.15) is 12.0 Å². The smallest absolute Gasteiger partial charge is 0.131 e. The lowest BCUT2D eigenvalue weighted by atomic mass is 10.00. The fourth-order valence-corrected chi connectivity index (χ4v) is 1.63. The Morgan fingerprint density at radius 3 is 2.27 bits per heavy atom. The summed E-state index contributed by atoms with van der Waals surface area (Å²) in [5.41, 5.74) is 0.560. The molecule has 2 atom stereocenters. The van der Waals surface area contributed by atoms with Crippen LogP contribution in [0.25, 0.3) is 0 Å². The van der Waals surface area contributed by atoms with Crippen LogP contribution in [0.3, 0.4) is 0 Å². The quantitative estimate of drug-likeness (QED) is 0.738. The lowest BCUT2D eigenvalue weighted by Gasteiger charge is -2.12. The van der Waals surface area contributed by atoms with E-state index in [9.17, 15) is 4.39 Å². The first-order valence-electron chi connectivity index (χ1n) is 5.64. The third kappa shape index (κ3) is 3.26. The van der Waals surface area contributed by atoms with Gasteiger partial charge in [0.25, 0.3) is 0 Å². The van der Waals surface area contributed by atoms with Crippen LogP contribution in [0.2, 0.25) is 0 Å². The maximum atomic E-state index is 12.9. The molecule has 0 aliphatic carbocycles. The minimum atomic E-state index is -0.981. The van der Waals surface area contributed by atoms with Crippen molar-refractivity contribution in [3.8, 4) is 0 Å². The van der Waals surface area contributed by atoms with Gasteiger partial charge in [-0.2, -0.15) is 0 Å². The van der Waals surface area contributed by atoms with Crippen molar-refractivity contribution in [2.45, 2.75) is 52.1 Å². The summed E-state index contributed by atoms with van der Waals surface area (Å²) in [6, 6.07) is 0. The molecule has 84 valence electrons. The van der Waals surface area contributed by atoms with E-state index in [1.54, 1.807) is 12.4 Å². The number of nitrogens with zero attached hydrogens (tertiary/aromatic N) is 2. The molecule has 0 saturated carbocycles. The molecule has 0 amide bonds. The van der Waals surface area contributed by atoms with Crippen LogP contribution in [-0.4, -0.2) is 9.97 Å². The number of alkyl halides is 1. The summed E-state index contributed by atoms with van der Waals surface area (Å²) in [7, 11) is 0. The van der Waals surface area contributed by atoms with Gasteiger partial charge in [-0.1, -0.05) is 20.3 Å². The average molecular weight is 210 g/mol. The van der Waals surface area contributed by atoms with Crippen LogP contribution >= 0.6 is 0 Å². The van der Waals surface area contributed by atoms with Gasteiger partial charge < -0.3 is 0 Å². The van der Waals surface area contributed by atoms with Crippen molar-refractivity contribution in [2.24, 2.45) is 0 Å². The van der Waals surface area contributed by atoms with Crippen molar-refractivity contribution in [2.75, 3.05) is 0 Å². The van der Waals surface area contributed by atoms with Gasteiger partial charge in [-0.25, -0.2) is 14.4 Å². The van der Waals surface area contributed by atoms with E-state index in [1.165, 1.54) is 6.92 Å². The molecule has 0 radical (unpaired) electrons. The Hall–Kier alpha value is -0.990. The van der Waals surface area contributed by atoms with Crippen LogP contribution in [0.1, 0.15) is 63.5 Å². The summed E-state index contributed by atoms with van der Waals surface area (Å²) < 4.78 is 12.9. The molecule has 2 nitrogen and oxygen atoms in total. The summed E-state index contributed by atoms with van der Waals surface area (Å²) in [6.07, 6.45) is 5.49. The lowest BCUT2D eigenvalue weighted by molar-refractivity contribution is 0.371. The van der Waals surface area contributed by atoms with E-state index in [4.69, 9.17) is 0 Å². The van der Waals surface area contributed by atoms with Crippen LogP contribution in [0.15, 0.2) is 12.4 Å². The first kappa shape index (κ1) is 12.1. The molecule has 1 rings (SSSR count). The molecule has 1 aromatic heterocycles. The molecule has 3 heteroatoms. The SMILES string of the molecule is CCCC(CC)c1ncc(C(C)F)cn1. The fraction of sp³-hybridized carbons (Fsp3) is 0.667. The Morgan fingerprint density at radius 2 is 1.87 bits per heavy atom. The highest BCUT2D eigenvalue weighted by molar-refractivity contribution is 5.09. The third-order valence-corrected chi connectivity index (χ3v) is 2.65. The van der Waals surface area contributed by atoms with Gasteiger partial charge in [0.15, 0.2) is 0 Å². The molecule has 2 unspecified atom stereocenters. The lowest BCUT2D eigenvalue weighted by Crippen LogP contribution is -2.04. The predicted octanol–water partition coefficient (Wildman–Crippen LogP) is 3.80. The van der Waals surface area contributed by atoms with E-state index in [0.717, 1.165) is 25.1 Å². The second-order valence-corrected chi connectivity index (χ2v) is 3.88. The van der Waals surface area contributed by atoms with Crippen LogP contribution in [0.5, 0.6) is 0 Å². The van der Waals surface area contributed by atoms with Gasteiger partial charge in [-0.15, -0.1) is 0 Å². The average Bonchev–Trinajstić information content (AvgIpc) is 2.26. The highest BCUT2D eigenvalue weighted by atomic mass is 19.1. The Balaban J connectivity index is 2.77. The topological polar surface area (TPSA) is 25.8 Å². The van der Waals surface area contributed by atoms with Gasteiger partial charge in [-0.05, 0) is 19.8 Å². The van der Waals surface area contributed by atoms with E-state index < -0.39 is 6.17 Å². The van der Waals surface area contributed by atoms with Crippen LogP contribution < -0.4 is 0 Å². The fourth-order valence-electron chi connectivity index (χ4n) is 1.63. The standard InChI is InChI=1S/C12H19FN2/c1-4-6-10(5-2)12-14-7-11(8-15-12)9(3)13/h7-10H,4-6H2,1-3H3. The van der Waals surface area contributed by atoms with Gasteiger partial charge in [0.2, 0.25) is 0 Å². The number of halogens is 1. The Morgan fingerprint density at radius 1 is 1.27 bits per heavy atom. The van der Waals surface area contributed by atoms with Crippen molar-refractivity contribution in [1.82, 2.24) is 9.97 Å². The number of aromatic nitrogens is 2. The molecular weight excluding hydrogens is 191 g/mol. The molecule has 0 aromatic carbocycles. The Bertz CT molecular complexity index is 282. The molecule has 0 bridgehead atoms. The molecular formula is C12H19FN2. The second-order valence-electron chi connectivity index (χ2n) is 3.88. The zero-order valence-corrected chi connectivity index (χ0v) is 9.70. The molecule has 0 fully saturated rings. The van der Waals surface area contributed by atoms with E-state index >= 15 is 0 Å². The molecule has 0 saturated heterocycles. The van der Waals surface area contributed by atoms with Gasteiger partial charge in [0, 0.05) is 23.9 Å². The van der Waals surface area contributed by atoms with Crippen molar-refractivity contribution >= 4 is 0 Å². The zero-order valence-electron chi connectivity index (χ0n) is 9.70. The molecule has 0 N–H and O–H groups in total. The van der Waals surface area contributed by atoms with Crippen molar-refractivity contribution in [1.29, 1.82) is 0 Å². The molecule has 0 aliphatic rings. The maximum Gasteiger partial charge on any atom is 0.131 e. The van der Waals surface area contributed by atoms with Gasteiger partial charge in [-0.3, -0.25) is 0 Å². The summed E-state index contributed by atoms with van der Waals surface area (Å²) in [4.78, 5) is 8.48. The number of rotatable bonds is 5. The molecule has 0 aliphatic heterocycles. The summed E-state index contributed by atoms with van der Waals surface area (Å²) >= 11 is 0. The minimum absolute atomic E-state index is 0.416. The van der Waals surface area contributed by atoms with Crippen molar-refractivity contribution in [3.63, 3.8) is 0 Å². The van der Waals surface area contributed by atoms with Crippen LogP contribution in [-0.2, 0) is 0 Å². The number of hydrogen-bond donors (Lipinski definition) is 0. The Labute approximate surface area is 91.0 Å². The van der Waals surface area contributed by atoms with Crippen LogP contribution in [0, 0.1) is 0 Å². The first-order chi connectivity index (χ1) is 7.19.